The Morgan fingerprint density at radius 3 is 2.12 bits per heavy atom. The summed E-state index contributed by atoms with van der Waals surface area (Å²) in [6.07, 6.45) is 1.46. The maximum atomic E-state index is 11.3. The summed E-state index contributed by atoms with van der Waals surface area (Å²) in [7, 11) is 0. The average molecular weight is 576 g/mol. The Balaban J connectivity index is 1.27. The molecule has 0 aliphatic rings. The molecule has 0 fully saturated rings. The fraction of sp³-hybridized carbons (Fsp3) is 0.194. The lowest BCUT2D eigenvalue weighted by Crippen LogP contribution is -2.41. The molecule has 0 aliphatic heterocycles. The first kappa shape index (κ1) is 29.8. The van der Waals surface area contributed by atoms with Gasteiger partial charge in [0.05, 0.1) is 18.4 Å². The lowest BCUT2D eigenvalue weighted by molar-refractivity contribution is 0.0566. The second-order valence-electron chi connectivity index (χ2n) is 10.5. The molecule has 7 nitrogen and oxygen atoms in total. The second-order valence-corrected chi connectivity index (χ2v) is 10.5. The number of ether oxygens (including phenoxy) is 2. The van der Waals surface area contributed by atoms with Crippen molar-refractivity contribution in [3.05, 3.63) is 150 Å². The van der Waals surface area contributed by atoms with Gasteiger partial charge in [0.2, 0.25) is 5.88 Å². The van der Waals surface area contributed by atoms with Crippen LogP contribution in [0.25, 0.3) is 0 Å². The number of pyridine rings is 1. The van der Waals surface area contributed by atoms with Gasteiger partial charge in [-0.05, 0) is 59.0 Å². The van der Waals surface area contributed by atoms with Gasteiger partial charge < -0.3 is 25.4 Å². The molecule has 0 radical (unpaired) electrons. The Hall–Kier alpha value is -4.69. The molecular formula is C36H37N3O4. The van der Waals surface area contributed by atoms with E-state index in [0.29, 0.717) is 54.7 Å². The Bertz CT molecular complexity index is 1530. The molecule has 5 aromatic rings. The van der Waals surface area contributed by atoms with Gasteiger partial charge in [-0.25, -0.2) is 4.98 Å². The van der Waals surface area contributed by atoms with Gasteiger partial charge in [-0.3, -0.25) is 4.90 Å². The molecule has 0 unspecified atom stereocenters. The molecule has 0 saturated carbocycles. The maximum absolute atomic E-state index is 11.3. The van der Waals surface area contributed by atoms with Crippen molar-refractivity contribution in [1.82, 2.24) is 9.88 Å². The van der Waals surface area contributed by atoms with Gasteiger partial charge in [0.1, 0.15) is 18.1 Å². The summed E-state index contributed by atoms with van der Waals surface area (Å²) in [5.74, 6) is 1.79. The number of hydrogen-bond donors (Lipinski definition) is 3. The average Bonchev–Trinajstić information content (AvgIpc) is 3.05. The van der Waals surface area contributed by atoms with Crippen molar-refractivity contribution in [1.29, 1.82) is 0 Å². The van der Waals surface area contributed by atoms with E-state index in [1.165, 1.54) is 0 Å². The lowest BCUT2D eigenvalue weighted by Gasteiger charge is -2.32. The van der Waals surface area contributed by atoms with E-state index in [2.05, 4.69) is 22.0 Å². The molecule has 220 valence electrons. The van der Waals surface area contributed by atoms with Crippen LogP contribution in [0.1, 0.15) is 28.4 Å². The first-order valence-corrected chi connectivity index (χ1v) is 14.4. The van der Waals surface area contributed by atoms with Crippen LogP contribution in [-0.2, 0) is 19.6 Å². The molecule has 4 aromatic carbocycles. The van der Waals surface area contributed by atoms with E-state index < -0.39 is 6.10 Å². The van der Waals surface area contributed by atoms with Crippen LogP contribution in [0.2, 0.25) is 0 Å². The quantitative estimate of drug-likeness (QED) is 0.136. The van der Waals surface area contributed by atoms with Gasteiger partial charge in [0, 0.05) is 31.4 Å². The van der Waals surface area contributed by atoms with Crippen LogP contribution in [0.15, 0.2) is 128 Å². The number of benzene rings is 4. The SMILES string of the molecule is Nc1cc([C@H](O)CN(Cc2ccccc2)[C@H](CO)Cc2ccc(Oc3ccccn3)cc2)ccc1OCc1ccccc1. The third kappa shape index (κ3) is 8.66. The van der Waals surface area contributed by atoms with Crippen LogP contribution in [0.4, 0.5) is 5.69 Å². The minimum Gasteiger partial charge on any atom is -0.487 e. The Kier molecular flexibility index (Phi) is 10.4. The molecule has 0 amide bonds. The number of aromatic nitrogens is 1. The molecule has 1 aromatic heterocycles. The zero-order valence-electron chi connectivity index (χ0n) is 24.0. The summed E-state index contributed by atoms with van der Waals surface area (Å²) in [5.41, 5.74) is 10.7. The van der Waals surface area contributed by atoms with Crippen molar-refractivity contribution < 1.29 is 19.7 Å². The molecule has 43 heavy (non-hydrogen) atoms. The topological polar surface area (TPSA) is 101 Å². The highest BCUT2D eigenvalue weighted by Crippen LogP contribution is 2.28. The normalized spacial score (nSPS) is 12.5. The fourth-order valence-corrected chi connectivity index (χ4v) is 4.93. The maximum Gasteiger partial charge on any atom is 0.219 e. The largest absolute Gasteiger partial charge is 0.487 e. The summed E-state index contributed by atoms with van der Waals surface area (Å²) < 4.78 is 11.7. The van der Waals surface area contributed by atoms with Crippen molar-refractivity contribution in [2.45, 2.75) is 31.7 Å². The number of nitrogens with zero attached hydrogens (tertiary/aromatic N) is 2. The Labute approximate surface area is 252 Å². The Morgan fingerprint density at radius 1 is 0.767 bits per heavy atom. The molecular weight excluding hydrogens is 538 g/mol. The minimum absolute atomic E-state index is 0.0693. The first-order chi connectivity index (χ1) is 21.1. The monoisotopic (exact) mass is 575 g/mol. The molecule has 0 aliphatic carbocycles. The summed E-state index contributed by atoms with van der Waals surface area (Å²) >= 11 is 0. The highest BCUT2D eigenvalue weighted by atomic mass is 16.5. The fourth-order valence-electron chi connectivity index (χ4n) is 4.93. The summed E-state index contributed by atoms with van der Waals surface area (Å²) in [4.78, 5) is 6.32. The van der Waals surface area contributed by atoms with Gasteiger partial charge in [0.15, 0.2) is 0 Å². The van der Waals surface area contributed by atoms with Crippen molar-refractivity contribution >= 4 is 5.69 Å². The van der Waals surface area contributed by atoms with E-state index in [-0.39, 0.29) is 12.6 Å². The summed E-state index contributed by atoms with van der Waals surface area (Å²) in [6, 6.07) is 38.4. The molecule has 0 spiro atoms. The van der Waals surface area contributed by atoms with Crippen LogP contribution in [0.3, 0.4) is 0 Å². The standard InChI is InChI=1S/C36H37N3O4/c37-33-22-30(16-19-35(33)42-26-29-11-5-2-6-12-29)34(41)24-39(23-28-9-3-1-4-10-28)31(25-40)21-27-14-17-32(18-15-27)43-36-13-7-8-20-38-36/h1-20,22,31,34,40-41H,21,23-26,37H2/t31-,34+/m0/s1. The number of nitrogen functional groups attached to an aromatic ring is 1. The molecule has 5 rings (SSSR count). The number of anilines is 1. The van der Waals surface area contributed by atoms with E-state index >= 15 is 0 Å². The van der Waals surface area contributed by atoms with E-state index in [4.69, 9.17) is 15.2 Å². The van der Waals surface area contributed by atoms with Gasteiger partial charge in [-0.2, -0.15) is 0 Å². The lowest BCUT2D eigenvalue weighted by atomic mass is 10.0. The summed E-state index contributed by atoms with van der Waals surface area (Å²) in [6.45, 7) is 1.22. The highest BCUT2D eigenvalue weighted by Gasteiger charge is 2.23. The Morgan fingerprint density at radius 2 is 1.47 bits per heavy atom. The van der Waals surface area contributed by atoms with E-state index in [1.54, 1.807) is 24.4 Å². The molecule has 0 bridgehead atoms. The number of aliphatic hydroxyl groups is 2. The van der Waals surface area contributed by atoms with Crippen LogP contribution in [-0.4, -0.2) is 39.3 Å². The van der Waals surface area contributed by atoms with Crippen LogP contribution in [0.5, 0.6) is 17.4 Å². The van der Waals surface area contributed by atoms with Gasteiger partial charge >= 0.3 is 0 Å². The predicted molar refractivity (Wildman–Crippen MR) is 169 cm³/mol. The van der Waals surface area contributed by atoms with Gasteiger partial charge in [-0.1, -0.05) is 84.9 Å². The molecule has 0 saturated heterocycles. The van der Waals surface area contributed by atoms with Gasteiger partial charge in [-0.15, -0.1) is 0 Å². The molecule has 4 N–H and O–H groups in total. The van der Waals surface area contributed by atoms with Crippen LogP contribution < -0.4 is 15.2 Å². The van der Waals surface area contributed by atoms with Crippen molar-refractivity contribution in [3.63, 3.8) is 0 Å². The first-order valence-electron chi connectivity index (χ1n) is 14.4. The zero-order chi connectivity index (χ0) is 29.9. The van der Waals surface area contributed by atoms with Crippen molar-refractivity contribution in [2.24, 2.45) is 0 Å². The molecule has 2 atom stereocenters. The number of aliphatic hydroxyl groups excluding tert-OH is 2. The van der Waals surface area contributed by atoms with E-state index in [9.17, 15) is 10.2 Å². The number of nitrogens with two attached hydrogens (primary N) is 1. The van der Waals surface area contributed by atoms with Crippen LogP contribution in [0, 0.1) is 0 Å². The minimum atomic E-state index is -0.822. The van der Waals surface area contributed by atoms with Crippen molar-refractivity contribution in [3.8, 4) is 17.4 Å². The number of hydrogen-bond acceptors (Lipinski definition) is 7. The predicted octanol–water partition coefficient (Wildman–Crippen LogP) is 6.17. The van der Waals surface area contributed by atoms with E-state index in [1.807, 2.05) is 91.0 Å². The smallest absolute Gasteiger partial charge is 0.219 e. The third-order valence-electron chi connectivity index (χ3n) is 7.27. The zero-order valence-corrected chi connectivity index (χ0v) is 24.0. The summed E-state index contributed by atoms with van der Waals surface area (Å²) in [5, 5.41) is 21.8. The highest BCUT2D eigenvalue weighted by molar-refractivity contribution is 5.54. The van der Waals surface area contributed by atoms with E-state index in [0.717, 1.165) is 16.7 Å². The second kappa shape index (κ2) is 15.0. The van der Waals surface area contributed by atoms with Gasteiger partial charge in [0.25, 0.3) is 0 Å². The van der Waals surface area contributed by atoms with Crippen LogP contribution >= 0.6 is 0 Å². The number of rotatable bonds is 14. The third-order valence-corrected chi connectivity index (χ3v) is 7.27. The van der Waals surface area contributed by atoms with Crippen molar-refractivity contribution in [2.75, 3.05) is 18.9 Å². The molecule has 7 heteroatoms. The molecule has 1 heterocycles.